The summed E-state index contributed by atoms with van der Waals surface area (Å²) in [5, 5.41) is 0.759. The number of hydrogen-bond donors (Lipinski definition) is 1. The molecule has 0 bridgehead atoms. The van der Waals surface area contributed by atoms with Gasteiger partial charge >= 0.3 is 0 Å². The van der Waals surface area contributed by atoms with Gasteiger partial charge in [-0.1, -0.05) is 29.8 Å². The van der Waals surface area contributed by atoms with E-state index in [0.717, 1.165) is 22.0 Å². The van der Waals surface area contributed by atoms with E-state index in [1.807, 2.05) is 55.4 Å². The Labute approximate surface area is 112 Å². The second-order valence-electron chi connectivity index (χ2n) is 4.37. The number of aromatic nitrogens is 1. The molecule has 94 valence electrons. The molecule has 4 heteroatoms. The molecule has 0 saturated carbocycles. The third-order valence-electron chi connectivity index (χ3n) is 2.76. The Hall–Kier alpha value is -1.74. The first kappa shape index (κ1) is 12.7. The van der Waals surface area contributed by atoms with Crippen LogP contribution in [0.3, 0.4) is 0 Å². The van der Waals surface area contributed by atoms with Gasteiger partial charge in [-0.05, 0) is 30.2 Å². The Bertz CT molecular complexity index is 554. The van der Waals surface area contributed by atoms with Crippen LogP contribution in [0, 0.1) is 6.92 Å². The normalized spacial score (nSPS) is 10.4. The van der Waals surface area contributed by atoms with Gasteiger partial charge < -0.3 is 10.6 Å². The molecule has 0 unspecified atom stereocenters. The molecule has 1 aromatic heterocycles. The van der Waals surface area contributed by atoms with Crippen molar-refractivity contribution in [3.8, 4) is 0 Å². The van der Waals surface area contributed by atoms with E-state index in [2.05, 4.69) is 4.98 Å². The highest BCUT2D eigenvalue weighted by molar-refractivity contribution is 6.31. The summed E-state index contributed by atoms with van der Waals surface area (Å²) in [6.07, 6.45) is 1.81. The lowest BCUT2D eigenvalue weighted by Gasteiger charge is -2.20. The van der Waals surface area contributed by atoms with Crippen molar-refractivity contribution >= 4 is 23.1 Å². The Morgan fingerprint density at radius 3 is 2.72 bits per heavy atom. The fourth-order valence-corrected chi connectivity index (χ4v) is 2.06. The van der Waals surface area contributed by atoms with E-state index >= 15 is 0 Å². The molecule has 0 spiro atoms. The molecule has 0 saturated heterocycles. The van der Waals surface area contributed by atoms with Gasteiger partial charge in [-0.15, -0.1) is 0 Å². The first-order valence-corrected chi connectivity index (χ1v) is 6.12. The maximum absolute atomic E-state index is 6.14. The fourth-order valence-electron chi connectivity index (χ4n) is 1.86. The molecule has 3 nitrogen and oxygen atoms in total. The topological polar surface area (TPSA) is 42.2 Å². The van der Waals surface area contributed by atoms with Crippen molar-refractivity contribution in [1.82, 2.24) is 4.98 Å². The van der Waals surface area contributed by atoms with Crippen LogP contribution in [-0.4, -0.2) is 12.0 Å². The van der Waals surface area contributed by atoms with Crippen molar-refractivity contribution in [2.75, 3.05) is 17.7 Å². The molecular formula is C14H16ClN3. The standard InChI is InChI=1S/C14H16ClN3/c1-10-7-13(16)14(17-8-10)18(2)9-11-5-3-4-6-12(11)15/h3-8H,9,16H2,1-2H3. The molecule has 2 rings (SSSR count). The predicted octanol–water partition coefficient (Wildman–Crippen LogP) is 3.26. The number of anilines is 2. The number of hydrogen-bond acceptors (Lipinski definition) is 3. The average Bonchev–Trinajstić information content (AvgIpc) is 2.32. The van der Waals surface area contributed by atoms with E-state index in [0.29, 0.717) is 12.2 Å². The van der Waals surface area contributed by atoms with Crippen molar-refractivity contribution in [3.05, 3.63) is 52.7 Å². The average molecular weight is 262 g/mol. The van der Waals surface area contributed by atoms with Crippen molar-refractivity contribution < 1.29 is 0 Å². The molecular weight excluding hydrogens is 246 g/mol. The van der Waals surface area contributed by atoms with Crippen LogP contribution in [0.25, 0.3) is 0 Å². The van der Waals surface area contributed by atoms with Crippen LogP contribution in [0.5, 0.6) is 0 Å². The number of nitrogen functional groups attached to an aromatic ring is 1. The molecule has 0 aliphatic rings. The summed E-state index contributed by atoms with van der Waals surface area (Å²) >= 11 is 6.14. The predicted molar refractivity (Wildman–Crippen MR) is 76.9 cm³/mol. The summed E-state index contributed by atoms with van der Waals surface area (Å²) in [6.45, 7) is 2.65. The van der Waals surface area contributed by atoms with Crippen molar-refractivity contribution in [2.24, 2.45) is 0 Å². The Kier molecular flexibility index (Phi) is 3.72. The van der Waals surface area contributed by atoms with Crippen LogP contribution in [-0.2, 0) is 6.54 Å². The van der Waals surface area contributed by atoms with Gasteiger partial charge in [0, 0.05) is 24.8 Å². The van der Waals surface area contributed by atoms with E-state index in [1.54, 1.807) is 0 Å². The molecule has 2 N–H and O–H groups in total. The van der Waals surface area contributed by atoms with Crippen molar-refractivity contribution in [1.29, 1.82) is 0 Å². The van der Waals surface area contributed by atoms with E-state index in [-0.39, 0.29) is 0 Å². The van der Waals surface area contributed by atoms with Gasteiger partial charge in [0.1, 0.15) is 0 Å². The monoisotopic (exact) mass is 261 g/mol. The highest BCUT2D eigenvalue weighted by Gasteiger charge is 2.09. The zero-order chi connectivity index (χ0) is 13.1. The van der Waals surface area contributed by atoms with Gasteiger partial charge in [-0.25, -0.2) is 4.98 Å². The summed E-state index contributed by atoms with van der Waals surface area (Å²) in [4.78, 5) is 6.36. The minimum absolute atomic E-state index is 0.680. The van der Waals surface area contributed by atoms with E-state index in [1.165, 1.54) is 0 Å². The molecule has 0 fully saturated rings. The number of pyridine rings is 1. The van der Waals surface area contributed by atoms with Crippen LogP contribution in [0.2, 0.25) is 5.02 Å². The first-order valence-electron chi connectivity index (χ1n) is 5.74. The largest absolute Gasteiger partial charge is 0.396 e. The molecule has 2 aromatic rings. The van der Waals surface area contributed by atoms with Gasteiger partial charge in [0.15, 0.2) is 5.82 Å². The number of rotatable bonds is 3. The van der Waals surface area contributed by atoms with Crippen molar-refractivity contribution in [2.45, 2.75) is 13.5 Å². The highest BCUT2D eigenvalue weighted by Crippen LogP contribution is 2.23. The minimum Gasteiger partial charge on any atom is -0.396 e. The summed E-state index contributed by atoms with van der Waals surface area (Å²) in [5.74, 6) is 0.778. The van der Waals surface area contributed by atoms with E-state index in [9.17, 15) is 0 Å². The number of benzene rings is 1. The van der Waals surface area contributed by atoms with Crippen LogP contribution >= 0.6 is 11.6 Å². The lowest BCUT2D eigenvalue weighted by Crippen LogP contribution is -2.19. The fraction of sp³-hybridized carbons (Fsp3) is 0.214. The first-order chi connectivity index (χ1) is 8.58. The Morgan fingerprint density at radius 2 is 2.06 bits per heavy atom. The molecule has 0 aliphatic carbocycles. The third kappa shape index (κ3) is 2.74. The minimum atomic E-state index is 0.680. The van der Waals surface area contributed by atoms with Gasteiger partial charge in [-0.3, -0.25) is 0 Å². The molecule has 1 heterocycles. The lowest BCUT2D eigenvalue weighted by molar-refractivity contribution is 0.899. The Balaban J connectivity index is 2.22. The second-order valence-corrected chi connectivity index (χ2v) is 4.78. The number of nitrogens with zero attached hydrogens (tertiary/aromatic N) is 2. The van der Waals surface area contributed by atoms with E-state index < -0.39 is 0 Å². The van der Waals surface area contributed by atoms with Gasteiger partial charge in [-0.2, -0.15) is 0 Å². The number of nitrogens with two attached hydrogens (primary N) is 1. The maximum atomic E-state index is 6.14. The van der Waals surface area contributed by atoms with Gasteiger partial charge in [0.25, 0.3) is 0 Å². The van der Waals surface area contributed by atoms with Crippen LogP contribution in [0.15, 0.2) is 36.5 Å². The smallest absolute Gasteiger partial charge is 0.151 e. The zero-order valence-corrected chi connectivity index (χ0v) is 11.3. The molecule has 0 atom stereocenters. The highest BCUT2D eigenvalue weighted by atomic mass is 35.5. The zero-order valence-electron chi connectivity index (χ0n) is 10.5. The molecule has 0 amide bonds. The quantitative estimate of drug-likeness (QED) is 0.922. The van der Waals surface area contributed by atoms with Crippen molar-refractivity contribution in [3.63, 3.8) is 0 Å². The summed E-state index contributed by atoms with van der Waals surface area (Å²) < 4.78 is 0. The van der Waals surface area contributed by atoms with Crippen LogP contribution in [0.4, 0.5) is 11.5 Å². The van der Waals surface area contributed by atoms with Gasteiger partial charge in [0.2, 0.25) is 0 Å². The van der Waals surface area contributed by atoms with E-state index in [4.69, 9.17) is 17.3 Å². The SMILES string of the molecule is Cc1cnc(N(C)Cc2ccccc2Cl)c(N)c1. The van der Waals surface area contributed by atoms with Crippen LogP contribution in [0.1, 0.15) is 11.1 Å². The number of aryl methyl sites for hydroxylation is 1. The molecule has 0 radical (unpaired) electrons. The summed E-state index contributed by atoms with van der Waals surface area (Å²) in [6, 6.07) is 9.70. The van der Waals surface area contributed by atoms with Crippen LogP contribution < -0.4 is 10.6 Å². The summed E-state index contributed by atoms with van der Waals surface area (Å²) in [7, 11) is 1.96. The third-order valence-corrected chi connectivity index (χ3v) is 3.13. The maximum Gasteiger partial charge on any atom is 0.151 e. The second kappa shape index (κ2) is 5.27. The molecule has 0 aliphatic heterocycles. The molecule has 1 aromatic carbocycles. The Morgan fingerprint density at radius 1 is 1.33 bits per heavy atom. The molecule has 18 heavy (non-hydrogen) atoms. The van der Waals surface area contributed by atoms with Gasteiger partial charge in [0.05, 0.1) is 5.69 Å². The lowest BCUT2D eigenvalue weighted by atomic mass is 10.2. The summed E-state index contributed by atoms with van der Waals surface area (Å²) in [5.41, 5.74) is 8.78. The number of halogens is 1.